The molecule has 0 bridgehead atoms. The van der Waals surface area contributed by atoms with E-state index >= 15 is 0 Å². The second-order valence-corrected chi connectivity index (χ2v) is 9.55. The summed E-state index contributed by atoms with van der Waals surface area (Å²) in [7, 11) is 0. The van der Waals surface area contributed by atoms with Crippen LogP contribution in [0.3, 0.4) is 0 Å². The van der Waals surface area contributed by atoms with Crippen LogP contribution in [-0.4, -0.2) is 21.6 Å². The molecule has 3 atom stereocenters. The van der Waals surface area contributed by atoms with Crippen LogP contribution in [0.2, 0.25) is 0 Å². The Kier molecular flexibility index (Phi) is 7.20. The highest BCUT2D eigenvalue weighted by molar-refractivity contribution is 6.03. The number of benzene rings is 2. The van der Waals surface area contributed by atoms with Gasteiger partial charge in [0, 0.05) is 17.4 Å². The Balaban J connectivity index is 1.49. The molecular weight excluding hydrogens is 424 g/mol. The molecule has 0 aliphatic heterocycles. The highest BCUT2D eigenvalue weighted by Gasteiger charge is 2.44. The number of aromatic nitrogens is 1. The van der Waals surface area contributed by atoms with Crippen LogP contribution in [0.1, 0.15) is 77.9 Å². The molecule has 3 aromatic rings. The molecule has 178 valence electrons. The fourth-order valence-corrected chi connectivity index (χ4v) is 4.83. The topological polar surface area (TPSA) is 71.3 Å². The van der Waals surface area contributed by atoms with Crippen molar-refractivity contribution in [1.82, 2.24) is 4.57 Å². The summed E-state index contributed by atoms with van der Waals surface area (Å²) in [6.45, 7) is 6.27. The first-order valence-corrected chi connectivity index (χ1v) is 12.3. The fourth-order valence-electron chi connectivity index (χ4n) is 4.83. The number of carboxylic acid groups (broad SMARTS) is 1. The number of hydrogen-bond acceptors (Lipinski definition) is 2. The van der Waals surface area contributed by atoms with Gasteiger partial charge in [0.2, 0.25) is 0 Å². The van der Waals surface area contributed by atoms with E-state index in [1.807, 2.05) is 37.3 Å². The van der Waals surface area contributed by atoms with E-state index in [0.29, 0.717) is 12.1 Å². The van der Waals surface area contributed by atoms with Crippen LogP contribution < -0.4 is 5.32 Å². The Morgan fingerprint density at radius 2 is 1.85 bits per heavy atom. The van der Waals surface area contributed by atoms with Crippen LogP contribution in [0, 0.1) is 12.8 Å². The van der Waals surface area contributed by atoms with E-state index in [9.17, 15) is 14.7 Å². The highest BCUT2D eigenvalue weighted by atomic mass is 16.4. The van der Waals surface area contributed by atoms with Gasteiger partial charge in [0.1, 0.15) is 5.69 Å². The van der Waals surface area contributed by atoms with E-state index in [4.69, 9.17) is 0 Å². The number of rotatable bonds is 10. The smallest absolute Gasteiger partial charge is 0.307 e. The fraction of sp³-hybridized carbons (Fsp3) is 0.379. The first-order valence-electron chi connectivity index (χ1n) is 12.3. The van der Waals surface area contributed by atoms with Gasteiger partial charge in [-0.3, -0.25) is 9.59 Å². The van der Waals surface area contributed by atoms with E-state index in [-0.39, 0.29) is 23.8 Å². The molecule has 5 nitrogen and oxygen atoms in total. The predicted octanol–water partition coefficient (Wildman–Crippen LogP) is 6.38. The third kappa shape index (κ3) is 5.41. The van der Waals surface area contributed by atoms with E-state index in [1.165, 1.54) is 11.3 Å². The minimum atomic E-state index is -0.747. The number of amides is 1. The van der Waals surface area contributed by atoms with Crippen LogP contribution in [0.15, 0.2) is 60.7 Å². The molecule has 34 heavy (non-hydrogen) atoms. The van der Waals surface area contributed by atoms with Crippen molar-refractivity contribution in [3.63, 3.8) is 0 Å². The van der Waals surface area contributed by atoms with Crippen molar-refractivity contribution in [2.24, 2.45) is 5.92 Å². The first-order chi connectivity index (χ1) is 16.4. The zero-order valence-corrected chi connectivity index (χ0v) is 20.3. The van der Waals surface area contributed by atoms with Crippen molar-refractivity contribution in [3.8, 4) is 0 Å². The maximum atomic E-state index is 13.3. The van der Waals surface area contributed by atoms with Gasteiger partial charge in [0.15, 0.2) is 0 Å². The van der Waals surface area contributed by atoms with Gasteiger partial charge in [-0.15, -0.1) is 0 Å². The first kappa shape index (κ1) is 23.8. The second kappa shape index (κ2) is 10.3. The third-order valence-corrected chi connectivity index (χ3v) is 6.90. The molecule has 1 saturated carbocycles. The molecule has 0 saturated heterocycles. The predicted molar refractivity (Wildman–Crippen MR) is 136 cm³/mol. The molecule has 0 radical (unpaired) electrons. The van der Waals surface area contributed by atoms with Crippen LogP contribution in [-0.2, 0) is 17.6 Å². The van der Waals surface area contributed by atoms with Crippen molar-refractivity contribution < 1.29 is 14.7 Å². The zero-order valence-electron chi connectivity index (χ0n) is 20.3. The minimum absolute atomic E-state index is 0.0354. The summed E-state index contributed by atoms with van der Waals surface area (Å²) in [5.41, 5.74) is 5.91. The Labute approximate surface area is 201 Å². The summed E-state index contributed by atoms with van der Waals surface area (Å²) in [6, 6.07) is 20.6. The van der Waals surface area contributed by atoms with Crippen molar-refractivity contribution >= 4 is 17.6 Å². The standard InChI is InChI=1S/C29H34N2O3/c1-4-20(3)31-24(12-8-11-21-9-6-5-7-10-21)13-14-27(31)28(32)30-23-16-19(2)15-22(17-23)25-18-26(25)29(33)34/h5-7,9-10,13-17,20,25-26H,4,8,11-12,18H2,1-3H3,(H,30,32)(H,33,34)/t20?,25-,26-/m1/s1. The summed E-state index contributed by atoms with van der Waals surface area (Å²) in [5.74, 6) is -1.15. The summed E-state index contributed by atoms with van der Waals surface area (Å²) in [6.07, 6.45) is 4.56. The number of anilines is 1. The van der Waals surface area contributed by atoms with Gasteiger partial charge in [-0.1, -0.05) is 43.3 Å². The Hall–Kier alpha value is -3.34. The number of hydrogen-bond donors (Lipinski definition) is 2. The largest absolute Gasteiger partial charge is 0.481 e. The van der Waals surface area contributed by atoms with Gasteiger partial charge < -0.3 is 15.0 Å². The maximum absolute atomic E-state index is 13.3. The molecule has 2 aromatic carbocycles. The lowest BCUT2D eigenvalue weighted by molar-refractivity contribution is -0.138. The molecule has 0 spiro atoms. The molecule has 2 N–H and O–H groups in total. The van der Waals surface area contributed by atoms with E-state index in [1.54, 1.807) is 0 Å². The van der Waals surface area contributed by atoms with Gasteiger partial charge >= 0.3 is 5.97 Å². The number of carboxylic acids is 1. The molecule has 4 rings (SSSR count). The van der Waals surface area contributed by atoms with E-state index < -0.39 is 5.97 Å². The molecule has 1 unspecified atom stereocenters. The van der Waals surface area contributed by atoms with Gasteiger partial charge in [-0.05, 0) is 92.8 Å². The SMILES string of the molecule is CCC(C)n1c(CCCc2ccccc2)ccc1C(=O)Nc1cc(C)cc([C@H]2C[C@H]2C(=O)O)c1. The van der Waals surface area contributed by atoms with Crippen molar-refractivity contribution in [2.75, 3.05) is 5.32 Å². The summed E-state index contributed by atoms with van der Waals surface area (Å²) >= 11 is 0. The van der Waals surface area contributed by atoms with Gasteiger partial charge in [0.05, 0.1) is 5.92 Å². The van der Waals surface area contributed by atoms with Gasteiger partial charge in [-0.2, -0.15) is 0 Å². The Morgan fingerprint density at radius 3 is 2.53 bits per heavy atom. The second-order valence-electron chi connectivity index (χ2n) is 9.55. The normalized spacial score (nSPS) is 17.9. The molecule has 1 heterocycles. The average molecular weight is 459 g/mol. The van der Waals surface area contributed by atoms with Gasteiger partial charge in [0.25, 0.3) is 5.91 Å². The number of aryl methyl sites for hydroxylation is 3. The third-order valence-electron chi connectivity index (χ3n) is 6.90. The number of carbonyl (C=O) groups excluding carboxylic acids is 1. The number of aliphatic carboxylic acids is 1. The lowest BCUT2D eigenvalue weighted by Gasteiger charge is -2.20. The van der Waals surface area contributed by atoms with Crippen molar-refractivity contribution in [2.45, 2.75) is 64.8 Å². The van der Waals surface area contributed by atoms with E-state index in [2.05, 4.69) is 54.1 Å². The van der Waals surface area contributed by atoms with Crippen LogP contribution in [0.4, 0.5) is 5.69 Å². The Morgan fingerprint density at radius 1 is 1.09 bits per heavy atom. The Bertz CT molecular complexity index is 1170. The van der Waals surface area contributed by atoms with Crippen LogP contribution in [0.5, 0.6) is 0 Å². The molecule has 1 fully saturated rings. The molecular formula is C29H34N2O3. The van der Waals surface area contributed by atoms with Gasteiger partial charge in [-0.25, -0.2) is 0 Å². The molecule has 1 aliphatic rings. The average Bonchev–Trinajstić information content (AvgIpc) is 3.52. The molecule has 1 aliphatic carbocycles. The van der Waals surface area contributed by atoms with Crippen LogP contribution in [0.25, 0.3) is 0 Å². The quantitative estimate of drug-likeness (QED) is 0.370. The van der Waals surface area contributed by atoms with Crippen molar-refractivity contribution in [1.29, 1.82) is 0 Å². The lowest BCUT2D eigenvalue weighted by Crippen LogP contribution is -2.20. The number of carbonyl (C=O) groups is 2. The number of nitrogens with zero attached hydrogens (tertiary/aromatic N) is 1. The van der Waals surface area contributed by atoms with Crippen molar-refractivity contribution in [3.05, 3.63) is 88.7 Å². The highest BCUT2D eigenvalue weighted by Crippen LogP contribution is 2.48. The monoisotopic (exact) mass is 458 g/mol. The lowest BCUT2D eigenvalue weighted by atomic mass is 10.0. The van der Waals surface area contributed by atoms with E-state index in [0.717, 1.165) is 42.5 Å². The summed E-state index contributed by atoms with van der Waals surface area (Å²) in [5, 5.41) is 12.4. The molecule has 1 aromatic heterocycles. The molecule has 1 amide bonds. The number of nitrogens with one attached hydrogen (secondary N) is 1. The maximum Gasteiger partial charge on any atom is 0.307 e. The summed E-state index contributed by atoms with van der Waals surface area (Å²) in [4.78, 5) is 24.6. The molecule has 5 heteroatoms. The minimum Gasteiger partial charge on any atom is -0.481 e. The van der Waals surface area contributed by atoms with Crippen LogP contribution >= 0.6 is 0 Å². The summed E-state index contributed by atoms with van der Waals surface area (Å²) < 4.78 is 2.18. The zero-order chi connectivity index (χ0) is 24.2.